The number of nitrogens with one attached hydrogen (secondary N) is 1. The van der Waals surface area contributed by atoms with E-state index in [0.717, 1.165) is 12.1 Å². The topological polar surface area (TPSA) is 112 Å². The molecule has 3 N–H and O–H groups in total. The molecule has 0 unspecified atom stereocenters. The highest BCUT2D eigenvalue weighted by molar-refractivity contribution is 5.79. The van der Waals surface area contributed by atoms with E-state index in [-0.39, 0.29) is 5.56 Å². The summed E-state index contributed by atoms with van der Waals surface area (Å²) in [6.07, 6.45) is 2.23. The molecule has 0 saturated carbocycles. The molecule has 120 valence electrons. The lowest BCUT2D eigenvalue weighted by atomic mass is 10.2. The van der Waals surface area contributed by atoms with Gasteiger partial charge in [-0.05, 0) is 19.4 Å². The first-order chi connectivity index (χ1) is 11.0. The Morgan fingerprint density at radius 2 is 2.13 bits per heavy atom. The summed E-state index contributed by atoms with van der Waals surface area (Å²) in [6, 6.07) is 1.68. The van der Waals surface area contributed by atoms with Gasteiger partial charge in [0, 0.05) is 7.05 Å². The van der Waals surface area contributed by atoms with Gasteiger partial charge < -0.3 is 15.5 Å². The van der Waals surface area contributed by atoms with E-state index in [2.05, 4.69) is 20.1 Å². The number of rotatable bonds is 4. The predicted molar refractivity (Wildman–Crippen MR) is 87.3 cm³/mol. The summed E-state index contributed by atoms with van der Waals surface area (Å²) < 4.78 is 7.19. The summed E-state index contributed by atoms with van der Waals surface area (Å²) in [5.74, 6) is 0.750. The van der Waals surface area contributed by atoms with Crippen molar-refractivity contribution in [2.75, 3.05) is 12.3 Å². The van der Waals surface area contributed by atoms with Crippen molar-refractivity contribution >= 4 is 16.7 Å². The number of fused-ring (bicyclic) bond motifs is 1. The molecule has 0 aliphatic heterocycles. The number of hydrogen-bond donors (Lipinski definition) is 2. The van der Waals surface area contributed by atoms with Crippen LogP contribution in [0.2, 0.25) is 0 Å². The Balaban J connectivity index is 2.29. The molecular formula is C15H18N6O2. The van der Waals surface area contributed by atoms with Crippen LogP contribution in [0, 0.1) is 0 Å². The van der Waals surface area contributed by atoms with Gasteiger partial charge in [-0.3, -0.25) is 9.48 Å². The van der Waals surface area contributed by atoms with Crippen molar-refractivity contribution in [1.29, 1.82) is 0 Å². The number of anilines is 1. The summed E-state index contributed by atoms with van der Waals surface area (Å²) in [4.78, 5) is 23.8. The Morgan fingerprint density at radius 1 is 1.35 bits per heavy atom. The second-order valence-corrected chi connectivity index (χ2v) is 5.09. The van der Waals surface area contributed by atoms with Gasteiger partial charge in [-0.1, -0.05) is 6.92 Å². The van der Waals surface area contributed by atoms with E-state index in [1.807, 2.05) is 13.8 Å². The Labute approximate surface area is 132 Å². The second kappa shape index (κ2) is 5.71. The van der Waals surface area contributed by atoms with Crippen LogP contribution >= 0.6 is 0 Å². The molecule has 0 aliphatic rings. The minimum Gasteiger partial charge on any atom is -0.477 e. The fourth-order valence-corrected chi connectivity index (χ4v) is 2.54. The maximum absolute atomic E-state index is 12.3. The highest BCUT2D eigenvalue weighted by Crippen LogP contribution is 2.27. The van der Waals surface area contributed by atoms with Crippen molar-refractivity contribution in [2.24, 2.45) is 7.05 Å². The molecule has 0 aromatic carbocycles. The summed E-state index contributed by atoms with van der Waals surface area (Å²) in [6.45, 7) is 4.30. The number of ether oxygens (including phenoxy) is 1. The zero-order chi connectivity index (χ0) is 16.6. The van der Waals surface area contributed by atoms with E-state index in [9.17, 15) is 4.79 Å². The van der Waals surface area contributed by atoms with Gasteiger partial charge in [-0.15, -0.1) is 0 Å². The summed E-state index contributed by atoms with van der Waals surface area (Å²) >= 11 is 0. The van der Waals surface area contributed by atoms with Crippen LogP contribution in [0.5, 0.6) is 5.88 Å². The molecule has 0 fully saturated rings. The van der Waals surface area contributed by atoms with Crippen LogP contribution < -0.4 is 16.0 Å². The number of nitrogens with two attached hydrogens (primary N) is 1. The average Bonchev–Trinajstić information content (AvgIpc) is 2.85. The van der Waals surface area contributed by atoms with Gasteiger partial charge in [-0.25, -0.2) is 9.97 Å². The minimum atomic E-state index is -0.301. The van der Waals surface area contributed by atoms with Crippen LogP contribution in [0.1, 0.15) is 19.5 Å². The number of H-pyrrole nitrogens is 1. The standard InChI is InChI=1S/C15H18N6O2/c1-4-10-11-12(20-21(10)3)14(22)19-13(18-11)9-6-8(16)7-17-15(9)23-5-2/h6-7H,4-5,16H2,1-3H3,(H,18,19,22). The molecule has 0 aliphatic carbocycles. The number of nitrogens with zero attached hydrogens (tertiary/aromatic N) is 4. The molecule has 3 aromatic heterocycles. The maximum Gasteiger partial charge on any atom is 0.279 e. The van der Waals surface area contributed by atoms with Crippen molar-refractivity contribution < 1.29 is 4.74 Å². The van der Waals surface area contributed by atoms with Crippen LogP contribution in [-0.2, 0) is 13.5 Å². The van der Waals surface area contributed by atoms with E-state index >= 15 is 0 Å². The largest absolute Gasteiger partial charge is 0.477 e. The molecule has 0 saturated heterocycles. The number of aromatic amines is 1. The van der Waals surface area contributed by atoms with Gasteiger partial charge in [0.25, 0.3) is 5.56 Å². The van der Waals surface area contributed by atoms with Crippen LogP contribution in [0.15, 0.2) is 17.1 Å². The third-order valence-corrected chi connectivity index (χ3v) is 3.55. The molecule has 0 amide bonds. The summed E-state index contributed by atoms with van der Waals surface area (Å²) in [5.41, 5.74) is 8.33. The highest BCUT2D eigenvalue weighted by atomic mass is 16.5. The average molecular weight is 314 g/mol. The first-order valence-corrected chi connectivity index (χ1v) is 7.39. The van der Waals surface area contributed by atoms with Gasteiger partial charge in [0.15, 0.2) is 5.52 Å². The summed E-state index contributed by atoms with van der Waals surface area (Å²) in [7, 11) is 1.80. The molecular weight excluding hydrogens is 296 g/mol. The molecule has 8 heteroatoms. The maximum atomic E-state index is 12.3. The van der Waals surface area contributed by atoms with Gasteiger partial charge >= 0.3 is 0 Å². The quantitative estimate of drug-likeness (QED) is 0.750. The number of aryl methyl sites for hydroxylation is 2. The van der Waals surface area contributed by atoms with E-state index in [1.165, 1.54) is 6.20 Å². The Morgan fingerprint density at radius 3 is 2.83 bits per heavy atom. The van der Waals surface area contributed by atoms with Crippen LogP contribution in [-0.4, -0.2) is 31.3 Å². The normalized spacial score (nSPS) is 11.1. The lowest BCUT2D eigenvalue weighted by Gasteiger charge is -2.09. The van der Waals surface area contributed by atoms with Gasteiger partial charge in [0.05, 0.1) is 29.7 Å². The Hall–Kier alpha value is -2.90. The molecule has 3 rings (SSSR count). The molecule has 3 aromatic rings. The highest BCUT2D eigenvalue weighted by Gasteiger charge is 2.17. The van der Waals surface area contributed by atoms with Crippen molar-refractivity contribution in [3.63, 3.8) is 0 Å². The molecule has 0 spiro atoms. The Kier molecular flexibility index (Phi) is 3.73. The lowest BCUT2D eigenvalue weighted by Crippen LogP contribution is -2.11. The number of hydrogen-bond acceptors (Lipinski definition) is 6. The Bertz CT molecular complexity index is 928. The molecule has 3 heterocycles. The van der Waals surface area contributed by atoms with Gasteiger partial charge in [-0.2, -0.15) is 5.10 Å². The smallest absolute Gasteiger partial charge is 0.279 e. The monoisotopic (exact) mass is 314 g/mol. The number of pyridine rings is 1. The number of nitrogen functional groups attached to an aromatic ring is 1. The third-order valence-electron chi connectivity index (χ3n) is 3.55. The fourth-order valence-electron chi connectivity index (χ4n) is 2.54. The van der Waals surface area contributed by atoms with Gasteiger partial charge in [0.1, 0.15) is 11.3 Å². The van der Waals surface area contributed by atoms with Crippen molar-refractivity contribution in [2.45, 2.75) is 20.3 Å². The SMILES string of the molecule is CCOc1ncc(N)cc1-c1nc2c(CC)n(C)nc2c(=O)[nH]1. The van der Waals surface area contributed by atoms with E-state index < -0.39 is 0 Å². The molecule has 0 bridgehead atoms. The molecule has 0 atom stereocenters. The summed E-state index contributed by atoms with van der Waals surface area (Å²) in [5, 5.41) is 4.23. The van der Waals surface area contributed by atoms with E-state index in [4.69, 9.17) is 10.5 Å². The lowest BCUT2D eigenvalue weighted by molar-refractivity contribution is 0.328. The van der Waals surface area contributed by atoms with Crippen molar-refractivity contribution in [1.82, 2.24) is 24.7 Å². The fraction of sp³-hybridized carbons (Fsp3) is 0.333. The van der Waals surface area contributed by atoms with Crippen molar-refractivity contribution in [3.8, 4) is 17.3 Å². The third kappa shape index (κ3) is 2.52. The zero-order valence-electron chi connectivity index (χ0n) is 13.3. The zero-order valence-corrected chi connectivity index (χ0v) is 13.3. The van der Waals surface area contributed by atoms with Crippen LogP contribution in [0.25, 0.3) is 22.4 Å². The first kappa shape index (κ1) is 15.0. The molecule has 0 radical (unpaired) electrons. The first-order valence-electron chi connectivity index (χ1n) is 7.39. The molecule has 23 heavy (non-hydrogen) atoms. The second-order valence-electron chi connectivity index (χ2n) is 5.09. The van der Waals surface area contributed by atoms with Crippen LogP contribution in [0.4, 0.5) is 5.69 Å². The van der Waals surface area contributed by atoms with E-state index in [1.54, 1.807) is 17.8 Å². The number of aromatic nitrogens is 5. The van der Waals surface area contributed by atoms with Crippen molar-refractivity contribution in [3.05, 3.63) is 28.3 Å². The molecule has 8 nitrogen and oxygen atoms in total. The van der Waals surface area contributed by atoms with Crippen LogP contribution in [0.3, 0.4) is 0 Å². The predicted octanol–water partition coefficient (Wildman–Crippen LogP) is 1.26. The van der Waals surface area contributed by atoms with Gasteiger partial charge in [0.2, 0.25) is 5.88 Å². The van der Waals surface area contributed by atoms with E-state index in [0.29, 0.717) is 40.6 Å². The minimum absolute atomic E-state index is 0.301.